The number of nitrogens with one attached hydrogen (secondary N) is 3. The van der Waals surface area contributed by atoms with Gasteiger partial charge in [-0.2, -0.15) is 0 Å². The van der Waals surface area contributed by atoms with Crippen LogP contribution in [0.15, 0.2) is 62.7 Å². The van der Waals surface area contributed by atoms with Crippen LogP contribution in [0.5, 0.6) is 0 Å². The lowest BCUT2D eigenvalue weighted by Gasteiger charge is -2.27. The van der Waals surface area contributed by atoms with Crippen LogP contribution >= 0.6 is 0 Å². The van der Waals surface area contributed by atoms with E-state index in [1.807, 2.05) is 30.3 Å². The zero-order chi connectivity index (χ0) is 17.4. The molecule has 4 rings (SSSR count). The minimum Gasteiger partial charge on any atom is -0.467 e. The Hall–Kier alpha value is -3.55. The molecule has 0 saturated heterocycles. The predicted molar refractivity (Wildman–Crippen MR) is 89.6 cm³/mol. The van der Waals surface area contributed by atoms with Crippen molar-refractivity contribution in [3.63, 3.8) is 0 Å². The number of benzene rings is 1. The second-order valence-corrected chi connectivity index (χ2v) is 5.64. The van der Waals surface area contributed by atoms with Gasteiger partial charge in [0.2, 0.25) is 0 Å². The second-order valence-electron chi connectivity index (χ2n) is 5.64. The minimum atomic E-state index is -0.773. The Morgan fingerprint density at radius 3 is 2.56 bits per heavy atom. The molecule has 0 unspecified atom stereocenters. The van der Waals surface area contributed by atoms with E-state index in [1.54, 1.807) is 12.1 Å². The molecule has 25 heavy (non-hydrogen) atoms. The maximum atomic E-state index is 12.4. The summed E-state index contributed by atoms with van der Waals surface area (Å²) in [4.78, 5) is 39.1. The van der Waals surface area contributed by atoms with Gasteiger partial charge in [-0.05, 0) is 17.7 Å². The van der Waals surface area contributed by atoms with Crippen LogP contribution in [-0.2, 0) is 6.54 Å². The molecule has 2 aromatic heterocycles. The highest BCUT2D eigenvalue weighted by molar-refractivity contribution is 5.92. The lowest BCUT2D eigenvalue weighted by molar-refractivity contribution is 0.246. The van der Waals surface area contributed by atoms with E-state index < -0.39 is 23.3 Å². The molecule has 8 nitrogen and oxygen atoms in total. The van der Waals surface area contributed by atoms with Crippen molar-refractivity contribution in [3.8, 4) is 0 Å². The number of carbonyl (C=O) groups excluding carboxylic acids is 1. The molecule has 0 aliphatic carbocycles. The summed E-state index contributed by atoms with van der Waals surface area (Å²) in [5.41, 5.74) is -0.0718. The smallest absolute Gasteiger partial charge is 0.330 e. The van der Waals surface area contributed by atoms with Crippen molar-refractivity contribution in [1.29, 1.82) is 0 Å². The molecule has 1 atom stereocenters. The highest BCUT2D eigenvalue weighted by atomic mass is 16.3. The quantitative estimate of drug-likeness (QED) is 0.670. The van der Waals surface area contributed by atoms with Gasteiger partial charge in [-0.3, -0.25) is 19.7 Å². The first kappa shape index (κ1) is 15.0. The first-order valence-electron chi connectivity index (χ1n) is 7.65. The van der Waals surface area contributed by atoms with E-state index in [0.29, 0.717) is 5.76 Å². The van der Waals surface area contributed by atoms with Crippen molar-refractivity contribution in [3.05, 3.63) is 86.5 Å². The van der Waals surface area contributed by atoms with Gasteiger partial charge in [0.15, 0.2) is 0 Å². The monoisotopic (exact) mass is 338 g/mol. The summed E-state index contributed by atoms with van der Waals surface area (Å²) in [6.07, 6.45) is 1.46. The summed E-state index contributed by atoms with van der Waals surface area (Å²) in [6, 6.07) is 11.3. The van der Waals surface area contributed by atoms with Gasteiger partial charge in [0.05, 0.1) is 18.4 Å². The molecule has 1 aromatic carbocycles. The molecule has 0 radical (unpaired) electrons. The normalized spacial score (nSPS) is 16.0. The van der Waals surface area contributed by atoms with Gasteiger partial charge in [-0.15, -0.1) is 0 Å². The summed E-state index contributed by atoms with van der Waals surface area (Å²) >= 11 is 0. The molecule has 0 bridgehead atoms. The fourth-order valence-corrected chi connectivity index (χ4v) is 2.92. The molecule has 3 aromatic rings. The molecule has 1 aliphatic rings. The number of hydrogen-bond donors (Lipinski definition) is 3. The van der Waals surface area contributed by atoms with Crippen molar-refractivity contribution in [2.75, 3.05) is 5.32 Å². The Labute approximate surface area is 141 Å². The van der Waals surface area contributed by atoms with Crippen molar-refractivity contribution in [2.45, 2.75) is 12.6 Å². The van der Waals surface area contributed by atoms with Gasteiger partial charge in [-0.1, -0.05) is 30.3 Å². The minimum absolute atomic E-state index is 0.169. The largest absolute Gasteiger partial charge is 0.467 e. The molecule has 3 N–H and O–H groups in total. The third-order valence-electron chi connectivity index (χ3n) is 4.04. The average Bonchev–Trinajstić information content (AvgIpc) is 3.13. The van der Waals surface area contributed by atoms with Crippen molar-refractivity contribution in [2.24, 2.45) is 0 Å². The summed E-state index contributed by atoms with van der Waals surface area (Å²) in [5.74, 6) is 0.578. The number of carbonyl (C=O) groups is 1. The number of aromatic nitrogens is 2. The van der Waals surface area contributed by atoms with E-state index in [4.69, 9.17) is 4.42 Å². The van der Waals surface area contributed by atoms with Gasteiger partial charge in [0, 0.05) is 0 Å². The number of fused-ring (bicyclic) bond motifs is 1. The van der Waals surface area contributed by atoms with E-state index in [0.717, 1.165) is 5.56 Å². The highest BCUT2D eigenvalue weighted by Gasteiger charge is 2.32. The number of urea groups is 1. The molecule has 0 fully saturated rings. The number of hydrogen-bond acceptors (Lipinski definition) is 4. The third-order valence-corrected chi connectivity index (χ3v) is 4.04. The Morgan fingerprint density at radius 1 is 1.04 bits per heavy atom. The maximum Gasteiger partial charge on any atom is 0.330 e. The lowest BCUT2D eigenvalue weighted by atomic mass is 10.0. The topological polar surface area (TPSA) is 109 Å². The fraction of sp³-hybridized carbons (Fsp3) is 0.118. The van der Waals surface area contributed by atoms with Gasteiger partial charge in [0.25, 0.3) is 5.56 Å². The van der Waals surface area contributed by atoms with E-state index in [2.05, 4.69) is 15.6 Å². The Bertz CT molecular complexity index is 1030. The third kappa shape index (κ3) is 2.63. The lowest BCUT2D eigenvalue weighted by Crippen LogP contribution is -2.46. The number of H-pyrrole nitrogens is 1. The molecule has 0 spiro atoms. The number of amides is 2. The summed E-state index contributed by atoms with van der Waals surface area (Å²) in [5, 5.41) is 5.22. The molecule has 126 valence electrons. The van der Waals surface area contributed by atoms with Crippen LogP contribution in [0.25, 0.3) is 0 Å². The Morgan fingerprint density at radius 2 is 1.84 bits per heavy atom. The van der Waals surface area contributed by atoms with Crippen LogP contribution in [0.3, 0.4) is 0 Å². The van der Waals surface area contributed by atoms with E-state index >= 15 is 0 Å². The molecule has 8 heteroatoms. The van der Waals surface area contributed by atoms with Crippen LogP contribution in [0, 0.1) is 0 Å². The summed E-state index contributed by atoms with van der Waals surface area (Å²) < 4.78 is 6.67. The number of furan rings is 1. The van der Waals surface area contributed by atoms with Crippen LogP contribution in [-0.4, -0.2) is 15.6 Å². The summed E-state index contributed by atoms with van der Waals surface area (Å²) in [6.45, 7) is 0.212. The molecular weight excluding hydrogens is 324 g/mol. The number of anilines is 1. The Balaban J connectivity index is 1.90. The van der Waals surface area contributed by atoms with Crippen molar-refractivity contribution < 1.29 is 9.21 Å². The fourth-order valence-electron chi connectivity index (χ4n) is 2.92. The van der Waals surface area contributed by atoms with E-state index in [9.17, 15) is 14.4 Å². The first-order valence-corrected chi connectivity index (χ1v) is 7.65. The maximum absolute atomic E-state index is 12.4. The highest BCUT2D eigenvalue weighted by Crippen LogP contribution is 2.28. The molecule has 3 heterocycles. The zero-order valence-corrected chi connectivity index (χ0v) is 13.0. The molecule has 2 amide bonds. The zero-order valence-electron chi connectivity index (χ0n) is 13.0. The van der Waals surface area contributed by atoms with Crippen LogP contribution in [0.1, 0.15) is 22.9 Å². The van der Waals surface area contributed by atoms with Crippen molar-refractivity contribution >= 4 is 11.8 Å². The van der Waals surface area contributed by atoms with Crippen LogP contribution in [0.4, 0.5) is 10.6 Å². The number of rotatable bonds is 3. The van der Waals surface area contributed by atoms with Gasteiger partial charge >= 0.3 is 11.7 Å². The van der Waals surface area contributed by atoms with Gasteiger partial charge < -0.3 is 9.73 Å². The van der Waals surface area contributed by atoms with Crippen molar-refractivity contribution in [1.82, 2.24) is 14.9 Å². The SMILES string of the molecule is O=C1Nc2c(c(=O)[nH]c(=O)n2Cc2ccccc2)[C@H](c2ccco2)N1. The first-order chi connectivity index (χ1) is 12.1. The summed E-state index contributed by atoms with van der Waals surface area (Å²) in [7, 11) is 0. The van der Waals surface area contributed by atoms with Crippen LogP contribution in [0.2, 0.25) is 0 Å². The second kappa shape index (κ2) is 5.82. The average molecular weight is 338 g/mol. The predicted octanol–water partition coefficient (Wildman–Crippen LogP) is 1.40. The van der Waals surface area contributed by atoms with E-state index in [-0.39, 0.29) is 17.9 Å². The van der Waals surface area contributed by atoms with Crippen LogP contribution < -0.4 is 21.9 Å². The number of nitrogens with zero attached hydrogens (tertiary/aromatic N) is 1. The van der Waals surface area contributed by atoms with Gasteiger partial charge in [0.1, 0.15) is 17.6 Å². The Kier molecular flexibility index (Phi) is 3.50. The van der Waals surface area contributed by atoms with Gasteiger partial charge in [-0.25, -0.2) is 9.59 Å². The molecule has 0 saturated carbocycles. The molecular formula is C17H14N4O4. The number of aromatic amines is 1. The van der Waals surface area contributed by atoms with E-state index in [1.165, 1.54) is 10.8 Å². The standard InChI is InChI=1S/C17H14N4O4/c22-15-12-13(11-7-4-8-25-11)18-16(23)19-14(12)21(17(24)20-15)9-10-5-2-1-3-6-10/h1-8,13H,9H2,(H2,18,19,23)(H,20,22,24)/t13-/m0/s1. The molecule has 1 aliphatic heterocycles.